The molecule has 3 amide bonds. The molecule has 0 aromatic heterocycles. The Hall–Kier alpha value is -2.40. The van der Waals surface area contributed by atoms with Gasteiger partial charge in [0.05, 0.1) is 12.6 Å². The minimum Gasteiger partial charge on any atom is -0.394 e. The quantitative estimate of drug-likeness (QED) is 0.106. The lowest BCUT2D eigenvalue weighted by molar-refractivity contribution is -0.130. The average Bonchev–Trinajstić information content (AvgIpc) is 2.54. The molecule has 0 bridgehead atoms. The minimum atomic E-state index is -0.962. The van der Waals surface area contributed by atoms with Gasteiger partial charge in [0.25, 0.3) is 0 Å². The molecular weight excluding hydrogens is 330 g/mol. The zero-order valence-corrected chi connectivity index (χ0v) is 14.4. The maximum atomic E-state index is 12.2. The second-order valence-electron chi connectivity index (χ2n) is 5.71. The molecule has 0 heterocycles. The van der Waals surface area contributed by atoms with Gasteiger partial charge >= 0.3 is 0 Å². The van der Waals surface area contributed by atoms with Gasteiger partial charge in [-0.05, 0) is 26.2 Å². The first kappa shape index (κ1) is 22.6. The molecule has 11 heteroatoms. The largest absolute Gasteiger partial charge is 0.394 e. The first-order valence-corrected chi connectivity index (χ1v) is 7.98. The fraction of sp³-hybridized carbons (Fsp3) is 0.714. The highest BCUT2D eigenvalue weighted by Gasteiger charge is 2.24. The third-order valence-electron chi connectivity index (χ3n) is 3.28. The van der Waals surface area contributed by atoms with Crippen molar-refractivity contribution in [3.63, 3.8) is 0 Å². The molecule has 25 heavy (non-hydrogen) atoms. The number of guanidine groups is 1. The smallest absolute Gasteiger partial charge is 0.242 e. The summed E-state index contributed by atoms with van der Waals surface area (Å²) in [4.78, 5) is 38.9. The van der Waals surface area contributed by atoms with E-state index in [0.717, 1.165) is 0 Å². The second kappa shape index (κ2) is 12.0. The lowest BCUT2D eigenvalue weighted by atomic mass is 10.1. The Kier molecular flexibility index (Phi) is 10.9. The van der Waals surface area contributed by atoms with Crippen molar-refractivity contribution in [3.8, 4) is 0 Å². The fourth-order valence-electron chi connectivity index (χ4n) is 1.87. The molecule has 144 valence electrons. The Morgan fingerprint density at radius 3 is 2.24 bits per heavy atom. The van der Waals surface area contributed by atoms with E-state index in [4.69, 9.17) is 28.0 Å². The number of hydrogen-bond acceptors (Lipinski definition) is 6. The zero-order valence-electron chi connectivity index (χ0n) is 14.4. The summed E-state index contributed by atoms with van der Waals surface area (Å²) in [6.07, 6.45) is 0.767. The molecule has 0 radical (unpaired) electrons. The van der Waals surface area contributed by atoms with E-state index in [1.165, 1.54) is 0 Å². The van der Waals surface area contributed by atoms with Gasteiger partial charge in [0.2, 0.25) is 17.7 Å². The molecule has 0 fully saturated rings. The minimum absolute atomic E-state index is 0.0303. The number of nitrogens with two attached hydrogens (primary N) is 4. The van der Waals surface area contributed by atoms with Gasteiger partial charge in [0.15, 0.2) is 5.96 Å². The Morgan fingerprint density at radius 1 is 1.08 bits per heavy atom. The van der Waals surface area contributed by atoms with Crippen LogP contribution in [0.1, 0.15) is 32.6 Å². The summed E-state index contributed by atoms with van der Waals surface area (Å²) in [5.41, 5.74) is 21.2. The topological polar surface area (TPSA) is 212 Å². The molecule has 0 saturated heterocycles. The summed E-state index contributed by atoms with van der Waals surface area (Å²) >= 11 is 0. The lowest BCUT2D eigenvalue weighted by Crippen LogP contribution is -2.53. The number of hydrogen-bond donors (Lipinski definition) is 7. The van der Waals surface area contributed by atoms with Gasteiger partial charge in [0.1, 0.15) is 6.04 Å². The lowest BCUT2D eigenvalue weighted by Gasteiger charge is -2.22. The summed E-state index contributed by atoms with van der Waals surface area (Å²) in [5.74, 6) is -1.65. The maximum absolute atomic E-state index is 12.2. The van der Waals surface area contributed by atoms with E-state index in [2.05, 4.69) is 15.6 Å². The molecule has 0 aromatic rings. The van der Waals surface area contributed by atoms with Gasteiger partial charge in [-0.3, -0.25) is 19.4 Å². The number of primary amides is 1. The number of nitrogens with one attached hydrogen (secondary N) is 2. The van der Waals surface area contributed by atoms with Crippen LogP contribution >= 0.6 is 0 Å². The predicted molar refractivity (Wildman–Crippen MR) is 92.9 cm³/mol. The van der Waals surface area contributed by atoms with Crippen LogP contribution in [0.2, 0.25) is 0 Å². The van der Waals surface area contributed by atoms with E-state index >= 15 is 0 Å². The van der Waals surface area contributed by atoms with Crippen molar-refractivity contribution in [3.05, 3.63) is 0 Å². The van der Waals surface area contributed by atoms with E-state index < -0.39 is 35.8 Å². The van der Waals surface area contributed by atoms with Crippen LogP contribution < -0.4 is 33.6 Å². The van der Waals surface area contributed by atoms with Crippen molar-refractivity contribution in [1.82, 2.24) is 10.6 Å². The Morgan fingerprint density at radius 2 is 1.72 bits per heavy atom. The van der Waals surface area contributed by atoms with Gasteiger partial charge in [-0.1, -0.05) is 0 Å². The number of carbonyl (C=O) groups excluding carboxylic acids is 3. The second-order valence-corrected chi connectivity index (χ2v) is 5.71. The van der Waals surface area contributed by atoms with Crippen molar-refractivity contribution in [2.75, 3.05) is 13.2 Å². The normalized spacial score (nSPS) is 14.0. The van der Waals surface area contributed by atoms with Crippen LogP contribution in [0, 0.1) is 0 Å². The maximum Gasteiger partial charge on any atom is 0.242 e. The van der Waals surface area contributed by atoms with E-state index in [1.807, 2.05) is 0 Å². The van der Waals surface area contributed by atoms with Crippen molar-refractivity contribution in [1.29, 1.82) is 0 Å². The van der Waals surface area contributed by atoms with Gasteiger partial charge in [-0.2, -0.15) is 0 Å². The Balaban J connectivity index is 4.74. The fourth-order valence-corrected chi connectivity index (χ4v) is 1.87. The average molecular weight is 359 g/mol. The number of rotatable bonds is 12. The molecule has 0 aromatic carbocycles. The van der Waals surface area contributed by atoms with E-state index in [0.29, 0.717) is 13.0 Å². The highest BCUT2D eigenvalue weighted by Crippen LogP contribution is 2.02. The number of carbonyl (C=O) groups is 3. The molecular formula is C14H29N7O4. The molecule has 0 rings (SSSR count). The monoisotopic (exact) mass is 359 g/mol. The van der Waals surface area contributed by atoms with Crippen LogP contribution in [-0.4, -0.2) is 60.1 Å². The van der Waals surface area contributed by atoms with Crippen molar-refractivity contribution in [2.45, 2.75) is 50.7 Å². The molecule has 0 saturated carbocycles. The molecule has 0 spiro atoms. The number of aliphatic hydroxyl groups excluding tert-OH is 1. The molecule has 3 atom stereocenters. The van der Waals surface area contributed by atoms with E-state index in [-0.39, 0.29) is 31.8 Å². The van der Waals surface area contributed by atoms with Crippen LogP contribution in [0.15, 0.2) is 4.99 Å². The number of aliphatic hydroxyl groups is 1. The number of nitrogens with zero attached hydrogens (tertiary/aromatic N) is 1. The van der Waals surface area contributed by atoms with Crippen LogP contribution in [0.4, 0.5) is 0 Å². The Bertz CT molecular complexity index is 480. The van der Waals surface area contributed by atoms with Gasteiger partial charge in [0, 0.05) is 19.0 Å². The third-order valence-corrected chi connectivity index (χ3v) is 3.28. The molecule has 0 unspecified atom stereocenters. The highest BCUT2D eigenvalue weighted by molar-refractivity contribution is 5.90. The SMILES string of the molecule is C[C@H](CO)NC(=O)[C@H](CCCN=C(N)N)NC(=O)[C@@H](N)CCC(N)=O. The van der Waals surface area contributed by atoms with E-state index in [1.54, 1.807) is 6.92 Å². The van der Waals surface area contributed by atoms with Crippen molar-refractivity contribution in [2.24, 2.45) is 27.9 Å². The summed E-state index contributed by atoms with van der Waals surface area (Å²) in [7, 11) is 0. The molecule has 11 nitrogen and oxygen atoms in total. The molecule has 0 aliphatic rings. The summed E-state index contributed by atoms with van der Waals surface area (Å²) in [6, 6.07) is -2.29. The van der Waals surface area contributed by atoms with Gasteiger partial charge in [-0.15, -0.1) is 0 Å². The van der Waals surface area contributed by atoms with Gasteiger partial charge < -0.3 is 38.7 Å². The van der Waals surface area contributed by atoms with Crippen LogP contribution in [0.25, 0.3) is 0 Å². The van der Waals surface area contributed by atoms with Crippen molar-refractivity contribution < 1.29 is 19.5 Å². The molecule has 11 N–H and O–H groups in total. The number of aliphatic imine (C=N–C) groups is 1. The highest BCUT2D eigenvalue weighted by atomic mass is 16.3. The van der Waals surface area contributed by atoms with Crippen LogP contribution in [0.3, 0.4) is 0 Å². The zero-order chi connectivity index (χ0) is 19.4. The standard InChI is InChI=1S/C14H29N7O4/c1-8(7-22)20-13(25)10(3-2-6-19-14(17)18)21-12(24)9(15)4-5-11(16)23/h8-10,22H,2-7,15H2,1H3,(H2,16,23)(H,20,25)(H,21,24)(H4,17,18,19)/t8-,9+,10+/m1/s1. The number of amides is 3. The predicted octanol–water partition coefficient (Wildman–Crippen LogP) is -3.39. The van der Waals surface area contributed by atoms with Crippen LogP contribution in [0.5, 0.6) is 0 Å². The van der Waals surface area contributed by atoms with E-state index in [9.17, 15) is 14.4 Å². The summed E-state index contributed by atoms with van der Waals surface area (Å²) in [5, 5.41) is 14.1. The first-order chi connectivity index (χ1) is 11.7. The molecule has 0 aliphatic carbocycles. The Labute approximate surface area is 146 Å². The summed E-state index contributed by atoms with van der Waals surface area (Å²) < 4.78 is 0. The summed E-state index contributed by atoms with van der Waals surface area (Å²) in [6.45, 7) is 1.68. The molecule has 0 aliphatic heterocycles. The van der Waals surface area contributed by atoms with Gasteiger partial charge in [-0.25, -0.2) is 0 Å². The van der Waals surface area contributed by atoms with Crippen molar-refractivity contribution >= 4 is 23.7 Å². The first-order valence-electron chi connectivity index (χ1n) is 7.98. The third kappa shape index (κ3) is 10.9. The van der Waals surface area contributed by atoms with Crippen LogP contribution in [-0.2, 0) is 14.4 Å².